The molecule has 3 fully saturated rings. The molecule has 3 rings (SSSR count). The molecule has 3 atom stereocenters. The number of aliphatic imine (C=N–C) groups is 1. The lowest BCUT2D eigenvalue weighted by Crippen LogP contribution is -2.47. The van der Waals surface area contributed by atoms with Gasteiger partial charge in [0.1, 0.15) is 0 Å². The molecule has 0 aliphatic carbocycles. The van der Waals surface area contributed by atoms with Crippen LogP contribution in [0.4, 0.5) is 0 Å². The van der Waals surface area contributed by atoms with Crippen molar-refractivity contribution in [3.05, 3.63) is 0 Å². The Kier molecular flexibility index (Phi) is 8.57. The summed E-state index contributed by atoms with van der Waals surface area (Å²) in [5, 5.41) is 6.98. The summed E-state index contributed by atoms with van der Waals surface area (Å²) < 4.78 is 5.93. The molecule has 0 aromatic rings. The molecule has 140 valence electrons. The van der Waals surface area contributed by atoms with Gasteiger partial charge in [0.25, 0.3) is 0 Å². The molecular weight excluding hydrogens is 415 g/mol. The van der Waals surface area contributed by atoms with Crippen LogP contribution >= 0.6 is 24.0 Å². The van der Waals surface area contributed by atoms with Gasteiger partial charge in [0.15, 0.2) is 5.96 Å². The quantitative estimate of drug-likeness (QED) is 0.283. The first-order valence-electron chi connectivity index (χ1n) is 9.67. The lowest BCUT2D eigenvalue weighted by molar-refractivity contribution is 0.0992. The van der Waals surface area contributed by atoms with Gasteiger partial charge in [-0.15, -0.1) is 24.0 Å². The van der Waals surface area contributed by atoms with E-state index in [1.807, 2.05) is 0 Å². The van der Waals surface area contributed by atoms with Crippen LogP contribution in [-0.4, -0.2) is 61.8 Å². The molecule has 0 radical (unpaired) electrons. The van der Waals surface area contributed by atoms with E-state index in [9.17, 15) is 0 Å². The Balaban J connectivity index is 0.00000208. The second-order valence-electron chi connectivity index (χ2n) is 7.50. The van der Waals surface area contributed by atoms with Crippen LogP contribution < -0.4 is 10.6 Å². The number of nitrogens with one attached hydrogen (secondary N) is 2. The fourth-order valence-corrected chi connectivity index (χ4v) is 4.06. The normalized spacial score (nSPS) is 31.1. The molecule has 0 aromatic heterocycles. The number of hydrogen-bond donors (Lipinski definition) is 2. The molecular formula is C18H35IN4O. The van der Waals surface area contributed by atoms with Gasteiger partial charge in [0, 0.05) is 13.1 Å². The summed E-state index contributed by atoms with van der Waals surface area (Å²) in [5.41, 5.74) is 0. The minimum absolute atomic E-state index is 0. The monoisotopic (exact) mass is 450 g/mol. The first kappa shape index (κ1) is 20.2. The van der Waals surface area contributed by atoms with Crippen LogP contribution in [0.2, 0.25) is 0 Å². The van der Waals surface area contributed by atoms with Crippen LogP contribution in [0.3, 0.4) is 0 Å². The lowest BCUT2D eigenvalue weighted by atomic mass is 9.96. The molecule has 3 saturated heterocycles. The van der Waals surface area contributed by atoms with E-state index in [4.69, 9.17) is 9.73 Å². The predicted molar refractivity (Wildman–Crippen MR) is 110 cm³/mol. The number of ether oxygens (including phenoxy) is 1. The van der Waals surface area contributed by atoms with Crippen LogP contribution in [-0.2, 0) is 4.74 Å². The third-order valence-electron chi connectivity index (χ3n) is 5.55. The van der Waals surface area contributed by atoms with E-state index in [0.29, 0.717) is 18.2 Å². The topological polar surface area (TPSA) is 48.9 Å². The standard InChI is InChI=1S/C18H34N4O.HI/c1-3-19-18(21-16-13-15-5-6-17(16)23-15)20-9-4-10-22-11-7-14(2)8-12-22;/h14-17H,3-13H2,1-2H3,(H2,19,20,21);1H. The molecule has 0 spiro atoms. The molecule has 3 heterocycles. The van der Waals surface area contributed by atoms with Gasteiger partial charge in [-0.3, -0.25) is 4.99 Å². The Bertz CT molecular complexity index is 398. The zero-order valence-corrected chi connectivity index (χ0v) is 17.6. The lowest BCUT2D eigenvalue weighted by Gasteiger charge is -2.29. The summed E-state index contributed by atoms with van der Waals surface area (Å²) in [4.78, 5) is 7.37. The molecule has 6 heteroatoms. The minimum atomic E-state index is 0. The maximum atomic E-state index is 5.93. The summed E-state index contributed by atoms with van der Waals surface area (Å²) in [6, 6.07) is 0.454. The maximum absolute atomic E-state index is 5.93. The van der Waals surface area contributed by atoms with Gasteiger partial charge < -0.3 is 20.3 Å². The van der Waals surface area contributed by atoms with E-state index in [-0.39, 0.29) is 24.0 Å². The summed E-state index contributed by atoms with van der Waals surface area (Å²) in [6.07, 6.45) is 8.34. The van der Waals surface area contributed by atoms with Crippen molar-refractivity contribution >= 4 is 29.9 Å². The summed E-state index contributed by atoms with van der Waals surface area (Å²) in [5.74, 6) is 1.89. The maximum Gasteiger partial charge on any atom is 0.191 e. The summed E-state index contributed by atoms with van der Waals surface area (Å²) in [7, 11) is 0. The van der Waals surface area contributed by atoms with Gasteiger partial charge >= 0.3 is 0 Å². The van der Waals surface area contributed by atoms with Crippen LogP contribution in [0.15, 0.2) is 4.99 Å². The number of nitrogens with zero attached hydrogens (tertiary/aromatic N) is 2. The van der Waals surface area contributed by atoms with Gasteiger partial charge in [0.05, 0.1) is 18.2 Å². The first-order valence-corrected chi connectivity index (χ1v) is 9.67. The van der Waals surface area contributed by atoms with Crippen molar-refractivity contribution in [1.82, 2.24) is 15.5 Å². The summed E-state index contributed by atoms with van der Waals surface area (Å²) >= 11 is 0. The Morgan fingerprint density at radius 3 is 2.62 bits per heavy atom. The second-order valence-corrected chi connectivity index (χ2v) is 7.50. The van der Waals surface area contributed by atoms with Gasteiger partial charge in [-0.1, -0.05) is 6.92 Å². The Morgan fingerprint density at radius 2 is 2.00 bits per heavy atom. The molecule has 5 nitrogen and oxygen atoms in total. The Hall–Kier alpha value is -0.0800. The zero-order valence-electron chi connectivity index (χ0n) is 15.3. The average molecular weight is 450 g/mol. The van der Waals surface area contributed by atoms with Crippen LogP contribution in [0, 0.1) is 5.92 Å². The van der Waals surface area contributed by atoms with Gasteiger partial charge in [-0.2, -0.15) is 0 Å². The highest BCUT2D eigenvalue weighted by Gasteiger charge is 2.41. The molecule has 24 heavy (non-hydrogen) atoms. The van der Waals surface area contributed by atoms with Crippen molar-refractivity contribution < 1.29 is 4.74 Å². The number of halogens is 1. The number of hydrogen-bond acceptors (Lipinski definition) is 3. The van der Waals surface area contributed by atoms with E-state index in [0.717, 1.165) is 37.8 Å². The molecule has 3 aliphatic rings. The highest BCUT2D eigenvalue weighted by Crippen LogP contribution is 2.34. The van der Waals surface area contributed by atoms with Crippen molar-refractivity contribution in [2.45, 2.75) is 70.6 Å². The van der Waals surface area contributed by atoms with E-state index in [1.54, 1.807) is 0 Å². The fraction of sp³-hybridized carbons (Fsp3) is 0.944. The van der Waals surface area contributed by atoms with Gasteiger partial charge in [-0.05, 0) is 71.0 Å². The van der Waals surface area contributed by atoms with Crippen molar-refractivity contribution in [3.8, 4) is 0 Å². The fourth-order valence-electron chi connectivity index (χ4n) is 4.06. The number of fused-ring (bicyclic) bond motifs is 2. The Morgan fingerprint density at radius 1 is 1.21 bits per heavy atom. The summed E-state index contributed by atoms with van der Waals surface area (Å²) in [6.45, 7) is 10.0. The highest BCUT2D eigenvalue weighted by molar-refractivity contribution is 14.0. The van der Waals surface area contributed by atoms with Gasteiger partial charge in [0.2, 0.25) is 0 Å². The smallest absolute Gasteiger partial charge is 0.191 e. The third-order valence-corrected chi connectivity index (χ3v) is 5.55. The zero-order chi connectivity index (χ0) is 16.1. The molecule has 2 N–H and O–H groups in total. The van der Waals surface area contributed by atoms with Crippen molar-refractivity contribution in [1.29, 1.82) is 0 Å². The van der Waals surface area contributed by atoms with Gasteiger partial charge in [-0.25, -0.2) is 0 Å². The molecule has 3 aliphatic heterocycles. The number of rotatable bonds is 6. The molecule has 0 saturated carbocycles. The molecule has 3 unspecified atom stereocenters. The van der Waals surface area contributed by atoms with Crippen LogP contribution in [0.1, 0.15) is 52.4 Å². The largest absolute Gasteiger partial charge is 0.373 e. The van der Waals surface area contributed by atoms with E-state index >= 15 is 0 Å². The van der Waals surface area contributed by atoms with E-state index < -0.39 is 0 Å². The van der Waals surface area contributed by atoms with E-state index in [1.165, 1.54) is 45.3 Å². The predicted octanol–water partition coefficient (Wildman–Crippen LogP) is 2.60. The number of guanidine groups is 1. The second kappa shape index (κ2) is 10.2. The first-order chi connectivity index (χ1) is 11.2. The van der Waals surface area contributed by atoms with Crippen LogP contribution in [0.25, 0.3) is 0 Å². The minimum Gasteiger partial charge on any atom is -0.373 e. The van der Waals surface area contributed by atoms with Crippen molar-refractivity contribution in [2.75, 3.05) is 32.7 Å². The third kappa shape index (κ3) is 5.73. The SMILES string of the molecule is CCNC(=NCCCN1CCC(C)CC1)NC1CC2CCC1O2.I. The Labute approximate surface area is 164 Å². The molecule has 0 amide bonds. The highest BCUT2D eigenvalue weighted by atomic mass is 127. The van der Waals surface area contributed by atoms with Crippen molar-refractivity contribution in [3.63, 3.8) is 0 Å². The van der Waals surface area contributed by atoms with Crippen LogP contribution in [0.5, 0.6) is 0 Å². The molecule has 0 aromatic carbocycles. The number of piperidine rings is 1. The number of likely N-dealkylation sites (tertiary alicyclic amines) is 1. The van der Waals surface area contributed by atoms with E-state index in [2.05, 4.69) is 29.4 Å². The average Bonchev–Trinajstić information content (AvgIpc) is 3.16. The van der Waals surface area contributed by atoms with Crippen molar-refractivity contribution in [2.24, 2.45) is 10.9 Å². The molecule has 2 bridgehead atoms.